The molecule has 12 nitrogen and oxygen atoms in total. The van der Waals surface area contributed by atoms with E-state index in [4.69, 9.17) is 45.9 Å². The Morgan fingerprint density at radius 3 is 1.13 bits per heavy atom. The zero-order chi connectivity index (χ0) is 33.6. The Balaban J connectivity index is 1.88. The lowest BCUT2D eigenvalue weighted by atomic mass is 9.97. The van der Waals surface area contributed by atoms with Crippen LogP contribution in [0.5, 0.6) is 0 Å². The Bertz CT molecular complexity index is 1610. The van der Waals surface area contributed by atoms with Gasteiger partial charge in [-0.1, -0.05) is 61.6 Å². The van der Waals surface area contributed by atoms with Crippen molar-refractivity contribution >= 4 is 55.7 Å². The number of benzene rings is 3. The smallest absolute Gasteiger partial charge is 0.185 e. The van der Waals surface area contributed by atoms with Crippen LogP contribution in [0.2, 0.25) is 0 Å². The molecule has 0 saturated carbocycles. The minimum Gasteiger partial charge on any atom is -0.370 e. The summed E-state index contributed by atoms with van der Waals surface area (Å²) < 4.78 is 1.70. The van der Waals surface area contributed by atoms with E-state index in [0.29, 0.717) is 26.2 Å². The van der Waals surface area contributed by atoms with E-state index in [1.165, 1.54) is 0 Å². The van der Waals surface area contributed by atoms with Gasteiger partial charge in [-0.25, -0.2) is 0 Å². The largest absolute Gasteiger partial charge is 0.370 e. The molecule has 46 heavy (non-hydrogen) atoms. The molecule has 0 atom stereocenters. The Morgan fingerprint density at radius 2 is 0.804 bits per heavy atom. The lowest BCUT2D eigenvalue weighted by molar-refractivity contribution is 0.708. The fourth-order valence-corrected chi connectivity index (χ4v) is 5.23. The molecule has 16 N–H and O–H groups in total. The lowest BCUT2D eigenvalue weighted by Gasteiger charge is -2.14. The average Bonchev–Trinajstić information content (AvgIpc) is 2.98. The number of aliphatic imine (C=N–C) groups is 4. The molecule has 0 spiro atoms. The van der Waals surface area contributed by atoms with Gasteiger partial charge in [0.25, 0.3) is 0 Å². The van der Waals surface area contributed by atoms with Gasteiger partial charge in [0.2, 0.25) is 0 Å². The molecular weight excluding hydrogens is 712 g/mol. The second-order valence-corrected chi connectivity index (χ2v) is 11.9. The SMILES string of the molecule is NC(N)=NCC(CN=C(N)N)c1cc(Br)cc(C#Cc2cccc(C#Cc3cc(Br)cc(C(CN=C(N)N)CN=C(N)N)c3)c2)c1. The third-order valence-electron chi connectivity index (χ3n) is 6.32. The van der Waals surface area contributed by atoms with E-state index in [9.17, 15) is 0 Å². The molecule has 3 aromatic carbocycles. The molecule has 0 bridgehead atoms. The van der Waals surface area contributed by atoms with Crippen LogP contribution in [0.4, 0.5) is 0 Å². The van der Waals surface area contributed by atoms with Crippen LogP contribution in [0.25, 0.3) is 0 Å². The second-order valence-electron chi connectivity index (χ2n) is 10.1. The van der Waals surface area contributed by atoms with Gasteiger partial charge in [-0.15, -0.1) is 0 Å². The summed E-state index contributed by atoms with van der Waals surface area (Å²) in [7, 11) is 0. The molecule has 0 fully saturated rings. The minimum absolute atomic E-state index is 0.0112. The summed E-state index contributed by atoms with van der Waals surface area (Å²) in [5.74, 6) is 12.6. The second kappa shape index (κ2) is 17.3. The van der Waals surface area contributed by atoms with Gasteiger partial charge < -0.3 is 45.9 Å². The Morgan fingerprint density at radius 1 is 0.478 bits per heavy atom. The van der Waals surface area contributed by atoms with E-state index < -0.39 is 0 Å². The third-order valence-corrected chi connectivity index (χ3v) is 7.24. The maximum absolute atomic E-state index is 5.55. The summed E-state index contributed by atoms with van der Waals surface area (Å²) in [4.78, 5) is 16.6. The number of halogens is 2. The molecule has 3 rings (SSSR count). The van der Waals surface area contributed by atoms with E-state index in [2.05, 4.69) is 75.5 Å². The molecule has 3 aromatic rings. The fourth-order valence-electron chi connectivity index (χ4n) is 4.20. The Labute approximate surface area is 285 Å². The van der Waals surface area contributed by atoms with Gasteiger partial charge in [0, 0.05) is 43.0 Å². The normalized spacial score (nSPS) is 10.2. The van der Waals surface area contributed by atoms with Crippen molar-refractivity contribution in [3.05, 3.63) is 103 Å². The molecule has 0 unspecified atom stereocenters. The highest BCUT2D eigenvalue weighted by Gasteiger charge is 2.14. The molecule has 238 valence electrons. The van der Waals surface area contributed by atoms with Crippen LogP contribution in [0.3, 0.4) is 0 Å². The molecule has 0 heterocycles. The topological polar surface area (TPSA) is 258 Å². The van der Waals surface area contributed by atoms with Crippen molar-refractivity contribution in [2.45, 2.75) is 11.8 Å². The maximum atomic E-state index is 5.55. The fraction of sp³-hybridized carbons (Fsp3) is 0.188. The molecule has 0 aliphatic carbocycles. The lowest BCUT2D eigenvalue weighted by Crippen LogP contribution is -2.26. The van der Waals surface area contributed by atoms with Crippen molar-refractivity contribution in [1.29, 1.82) is 0 Å². The van der Waals surface area contributed by atoms with Crippen LogP contribution < -0.4 is 45.9 Å². The maximum Gasteiger partial charge on any atom is 0.185 e. The van der Waals surface area contributed by atoms with Crippen molar-refractivity contribution in [2.24, 2.45) is 65.8 Å². The molecule has 0 radical (unpaired) electrons. The summed E-state index contributed by atoms with van der Waals surface area (Å²) in [5, 5.41) is 0. The molecule has 14 heteroatoms. The van der Waals surface area contributed by atoms with Gasteiger partial charge in [0.05, 0.1) is 26.2 Å². The highest BCUT2D eigenvalue weighted by molar-refractivity contribution is 9.10. The summed E-state index contributed by atoms with van der Waals surface area (Å²) in [5.41, 5.74) is 49.5. The average molecular weight is 749 g/mol. The number of hydrogen-bond acceptors (Lipinski definition) is 4. The number of nitrogens with two attached hydrogens (primary N) is 8. The van der Waals surface area contributed by atoms with E-state index in [0.717, 1.165) is 42.3 Å². The van der Waals surface area contributed by atoms with Crippen LogP contribution in [0.15, 0.2) is 89.6 Å². The first-order chi connectivity index (χ1) is 21.9. The number of rotatable bonds is 10. The quantitative estimate of drug-likeness (QED) is 0.0849. The first-order valence-corrected chi connectivity index (χ1v) is 15.4. The Hall–Kier alpha value is -5.18. The molecular formula is C32H36Br2N12. The number of guanidine groups is 4. The monoisotopic (exact) mass is 746 g/mol. The summed E-state index contributed by atoms with van der Waals surface area (Å²) in [6.45, 7) is 1.26. The van der Waals surface area contributed by atoms with Crippen LogP contribution in [0, 0.1) is 23.7 Å². The van der Waals surface area contributed by atoms with E-state index in [-0.39, 0.29) is 35.7 Å². The van der Waals surface area contributed by atoms with Crippen LogP contribution >= 0.6 is 31.9 Å². The van der Waals surface area contributed by atoms with Gasteiger partial charge in [-0.3, -0.25) is 20.0 Å². The van der Waals surface area contributed by atoms with E-state index >= 15 is 0 Å². The number of hydrogen-bond donors (Lipinski definition) is 8. The standard InChI is InChI=1S/C32H36Br2N12/c33-27-11-21(9-23(13-27)25(15-43-29(35)36)16-44-30(37)38)6-4-19-2-1-3-20(8-19)5-7-22-10-24(14-28(34)12-22)26(17-45-31(39)40)18-46-32(41)42/h1-3,8-14,25-26H,15-18H2,(H4,35,36,43)(H4,37,38,44)(H4,39,40,45)(H4,41,42,46). The summed E-state index contributed by atoms with van der Waals surface area (Å²) in [6.07, 6.45) is 0. The molecule has 0 saturated heterocycles. The predicted molar refractivity (Wildman–Crippen MR) is 195 cm³/mol. The van der Waals surface area contributed by atoms with Gasteiger partial charge in [0.15, 0.2) is 23.8 Å². The first kappa shape index (κ1) is 35.3. The number of nitrogens with zero attached hydrogens (tertiary/aromatic N) is 4. The van der Waals surface area contributed by atoms with Gasteiger partial charge in [-0.2, -0.15) is 0 Å². The van der Waals surface area contributed by atoms with Crippen LogP contribution in [-0.2, 0) is 0 Å². The van der Waals surface area contributed by atoms with Crippen molar-refractivity contribution < 1.29 is 0 Å². The predicted octanol–water partition coefficient (Wildman–Crippen LogP) is 1.27. The molecule has 0 aromatic heterocycles. The third kappa shape index (κ3) is 12.4. The highest BCUT2D eigenvalue weighted by atomic mass is 79.9. The summed E-state index contributed by atoms with van der Waals surface area (Å²) in [6, 6.07) is 19.4. The molecule has 0 aliphatic rings. The van der Waals surface area contributed by atoms with Crippen LogP contribution in [-0.4, -0.2) is 50.0 Å². The Kier molecular flexibility index (Phi) is 13.3. The van der Waals surface area contributed by atoms with E-state index in [1.54, 1.807) is 0 Å². The minimum atomic E-state index is -0.160. The van der Waals surface area contributed by atoms with Gasteiger partial charge in [0.1, 0.15) is 0 Å². The van der Waals surface area contributed by atoms with E-state index in [1.807, 2.05) is 60.7 Å². The molecule has 0 amide bonds. The van der Waals surface area contributed by atoms with Crippen molar-refractivity contribution in [2.75, 3.05) is 26.2 Å². The van der Waals surface area contributed by atoms with Crippen molar-refractivity contribution in [1.82, 2.24) is 0 Å². The highest BCUT2D eigenvalue weighted by Crippen LogP contribution is 2.25. The van der Waals surface area contributed by atoms with Gasteiger partial charge >= 0.3 is 0 Å². The zero-order valence-electron chi connectivity index (χ0n) is 24.9. The van der Waals surface area contributed by atoms with Crippen LogP contribution in [0.1, 0.15) is 45.2 Å². The van der Waals surface area contributed by atoms with Crippen molar-refractivity contribution in [3.63, 3.8) is 0 Å². The van der Waals surface area contributed by atoms with Crippen molar-refractivity contribution in [3.8, 4) is 23.7 Å². The first-order valence-electron chi connectivity index (χ1n) is 13.8. The van der Waals surface area contributed by atoms with Gasteiger partial charge in [-0.05, 0) is 65.7 Å². The molecule has 0 aliphatic heterocycles. The zero-order valence-corrected chi connectivity index (χ0v) is 28.1. The summed E-state index contributed by atoms with van der Waals surface area (Å²) >= 11 is 7.15.